The second kappa shape index (κ2) is 8.59. The van der Waals surface area contributed by atoms with Crippen molar-refractivity contribution in [1.82, 2.24) is 14.7 Å². The first-order chi connectivity index (χ1) is 14.1. The number of imidazole rings is 1. The average molecular weight is 398 g/mol. The van der Waals surface area contributed by atoms with Gasteiger partial charge in [-0.25, -0.2) is 13.8 Å². The summed E-state index contributed by atoms with van der Waals surface area (Å²) in [5, 5.41) is 6.63. The number of carbonyl (C=O) groups excluding carboxylic acids is 1. The Balaban J connectivity index is 1.39. The van der Waals surface area contributed by atoms with Crippen LogP contribution in [0.3, 0.4) is 0 Å². The van der Waals surface area contributed by atoms with Crippen LogP contribution in [-0.4, -0.2) is 27.4 Å². The number of aromatic nitrogens is 2. The van der Waals surface area contributed by atoms with Gasteiger partial charge < -0.3 is 10.6 Å². The average Bonchev–Trinajstić information content (AvgIpc) is 3.06. The van der Waals surface area contributed by atoms with Crippen molar-refractivity contribution in [2.45, 2.75) is 50.6 Å². The maximum Gasteiger partial charge on any atom is 0.281 e. The molecule has 2 aromatic heterocycles. The SMILES string of the molecule is O=C(N[C@@H]1CCC[C@H](Nc2cccc3nc(C(F)F)cn23)CC1)c1ccccc1. The molecular weight excluding hydrogens is 374 g/mol. The lowest BCUT2D eigenvalue weighted by atomic mass is 10.1. The van der Waals surface area contributed by atoms with Crippen LogP contribution >= 0.6 is 0 Å². The van der Waals surface area contributed by atoms with Crippen molar-refractivity contribution in [3.05, 3.63) is 66.0 Å². The Morgan fingerprint density at radius 1 is 1.00 bits per heavy atom. The fourth-order valence-electron chi connectivity index (χ4n) is 3.91. The van der Waals surface area contributed by atoms with Crippen LogP contribution < -0.4 is 10.6 Å². The maximum atomic E-state index is 13.0. The van der Waals surface area contributed by atoms with Gasteiger partial charge in [0.15, 0.2) is 0 Å². The summed E-state index contributed by atoms with van der Waals surface area (Å²) in [6.45, 7) is 0. The highest BCUT2D eigenvalue weighted by atomic mass is 19.3. The lowest BCUT2D eigenvalue weighted by molar-refractivity contribution is 0.0933. The zero-order valence-corrected chi connectivity index (χ0v) is 16.0. The van der Waals surface area contributed by atoms with Gasteiger partial charge in [-0.1, -0.05) is 24.3 Å². The Bertz CT molecular complexity index is 973. The number of alkyl halides is 2. The van der Waals surface area contributed by atoms with E-state index in [0.717, 1.165) is 37.9 Å². The molecule has 1 aliphatic rings. The summed E-state index contributed by atoms with van der Waals surface area (Å²) in [5.74, 6) is 0.725. The van der Waals surface area contributed by atoms with Crippen LogP contribution in [0, 0.1) is 0 Å². The van der Waals surface area contributed by atoms with Crippen LogP contribution in [-0.2, 0) is 0 Å². The molecule has 1 amide bonds. The van der Waals surface area contributed by atoms with Crippen LogP contribution in [0.2, 0.25) is 0 Å². The van der Waals surface area contributed by atoms with Crippen molar-refractivity contribution in [1.29, 1.82) is 0 Å². The quantitative estimate of drug-likeness (QED) is 0.606. The first-order valence-electron chi connectivity index (χ1n) is 9.99. The fraction of sp³-hybridized carbons (Fsp3) is 0.364. The van der Waals surface area contributed by atoms with Gasteiger partial charge in [0.1, 0.15) is 17.2 Å². The minimum absolute atomic E-state index is 0.0373. The van der Waals surface area contributed by atoms with Crippen LogP contribution in [0.25, 0.3) is 5.65 Å². The van der Waals surface area contributed by atoms with E-state index in [1.165, 1.54) is 6.20 Å². The van der Waals surface area contributed by atoms with E-state index in [9.17, 15) is 13.6 Å². The molecule has 1 aliphatic carbocycles. The third-order valence-corrected chi connectivity index (χ3v) is 5.43. The van der Waals surface area contributed by atoms with Gasteiger partial charge in [0.25, 0.3) is 12.3 Å². The van der Waals surface area contributed by atoms with Crippen molar-refractivity contribution in [3.8, 4) is 0 Å². The molecule has 0 bridgehead atoms. The number of pyridine rings is 1. The molecular formula is C22H24F2N4O. The minimum atomic E-state index is -2.59. The number of hydrogen-bond donors (Lipinski definition) is 2. The van der Waals surface area contributed by atoms with Gasteiger partial charge in [-0.15, -0.1) is 0 Å². The van der Waals surface area contributed by atoms with Gasteiger partial charge in [0.05, 0.1) is 0 Å². The lowest BCUT2D eigenvalue weighted by Gasteiger charge is -2.19. The summed E-state index contributed by atoms with van der Waals surface area (Å²) in [7, 11) is 0. The van der Waals surface area contributed by atoms with Crippen molar-refractivity contribution >= 4 is 17.4 Å². The second-order valence-corrected chi connectivity index (χ2v) is 7.49. The van der Waals surface area contributed by atoms with E-state index in [0.29, 0.717) is 11.2 Å². The summed E-state index contributed by atoms with van der Waals surface area (Å²) in [4.78, 5) is 16.4. The number of benzene rings is 1. The van der Waals surface area contributed by atoms with Gasteiger partial charge in [0, 0.05) is 23.8 Å². The number of nitrogens with one attached hydrogen (secondary N) is 2. The highest BCUT2D eigenvalue weighted by Crippen LogP contribution is 2.25. The number of nitrogens with zero attached hydrogens (tertiary/aromatic N) is 2. The number of halogens is 2. The fourth-order valence-corrected chi connectivity index (χ4v) is 3.91. The number of carbonyl (C=O) groups is 1. The maximum absolute atomic E-state index is 13.0. The number of fused-ring (bicyclic) bond motifs is 1. The molecule has 2 N–H and O–H groups in total. The third kappa shape index (κ3) is 4.55. The van der Waals surface area contributed by atoms with Crippen LogP contribution in [0.15, 0.2) is 54.7 Å². The summed E-state index contributed by atoms with van der Waals surface area (Å²) in [5.41, 5.74) is 0.962. The van der Waals surface area contributed by atoms with Crippen LogP contribution in [0.4, 0.5) is 14.6 Å². The number of rotatable bonds is 5. The monoisotopic (exact) mass is 398 g/mol. The van der Waals surface area contributed by atoms with E-state index in [1.807, 2.05) is 42.5 Å². The summed E-state index contributed by atoms with van der Waals surface area (Å²) in [6, 6.07) is 15.0. The van der Waals surface area contributed by atoms with Gasteiger partial charge in [-0.2, -0.15) is 0 Å². The second-order valence-electron chi connectivity index (χ2n) is 7.49. The predicted molar refractivity (Wildman–Crippen MR) is 108 cm³/mol. The lowest BCUT2D eigenvalue weighted by Crippen LogP contribution is -2.34. The molecule has 1 fully saturated rings. The first-order valence-corrected chi connectivity index (χ1v) is 9.99. The van der Waals surface area contributed by atoms with E-state index in [-0.39, 0.29) is 23.7 Å². The zero-order chi connectivity index (χ0) is 20.2. The molecule has 152 valence electrons. The molecule has 2 heterocycles. The van der Waals surface area contributed by atoms with Crippen molar-refractivity contribution in [2.75, 3.05) is 5.32 Å². The topological polar surface area (TPSA) is 58.4 Å². The standard InChI is InChI=1S/C22H24F2N4O/c23-21(24)18-14-28-19(10-5-11-20(28)27-18)25-16-8-4-9-17(13-12-16)26-22(29)15-6-2-1-3-7-15/h1-3,5-7,10-11,14,16-17,21,25H,4,8-9,12-13H2,(H,26,29)/t16-,17+/m0/s1. The molecule has 4 rings (SSSR count). The zero-order valence-electron chi connectivity index (χ0n) is 16.0. The molecule has 0 spiro atoms. The molecule has 29 heavy (non-hydrogen) atoms. The summed E-state index contributed by atoms with van der Waals surface area (Å²) < 4.78 is 27.7. The normalized spacial score (nSPS) is 19.8. The molecule has 1 saturated carbocycles. The molecule has 2 atom stereocenters. The molecule has 0 radical (unpaired) electrons. The number of hydrogen-bond acceptors (Lipinski definition) is 3. The summed E-state index contributed by atoms with van der Waals surface area (Å²) in [6.07, 6.45) is 3.45. The Hall–Kier alpha value is -2.96. The molecule has 0 unspecified atom stereocenters. The smallest absolute Gasteiger partial charge is 0.281 e. The molecule has 3 aromatic rings. The third-order valence-electron chi connectivity index (χ3n) is 5.43. The van der Waals surface area contributed by atoms with E-state index in [4.69, 9.17) is 0 Å². The molecule has 0 aliphatic heterocycles. The Morgan fingerprint density at radius 3 is 2.55 bits per heavy atom. The molecule has 5 nitrogen and oxygen atoms in total. The number of anilines is 1. The van der Waals surface area contributed by atoms with Crippen molar-refractivity contribution in [3.63, 3.8) is 0 Å². The van der Waals surface area contributed by atoms with Gasteiger partial charge in [-0.05, 0) is 56.4 Å². The highest BCUT2D eigenvalue weighted by Gasteiger charge is 2.21. The highest BCUT2D eigenvalue weighted by molar-refractivity contribution is 5.94. The molecule has 1 aromatic carbocycles. The largest absolute Gasteiger partial charge is 0.368 e. The van der Waals surface area contributed by atoms with E-state index < -0.39 is 6.43 Å². The molecule has 7 heteroatoms. The van der Waals surface area contributed by atoms with Gasteiger partial charge >= 0.3 is 0 Å². The van der Waals surface area contributed by atoms with Gasteiger partial charge in [-0.3, -0.25) is 9.20 Å². The van der Waals surface area contributed by atoms with E-state index in [2.05, 4.69) is 15.6 Å². The Morgan fingerprint density at radius 2 is 1.76 bits per heavy atom. The van der Waals surface area contributed by atoms with E-state index >= 15 is 0 Å². The van der Waals surface area contributed by atoms with Crippen molar-refractivity contribution in [2.24, 2.45) is 0 Å². The molecule has 0 saturated heterocycles. The van der Waals surface area contributed by atoms with E-state index in [1.54, 1.807) is 10.5 Å². The Kier molecular flexibility index (Phi) is 5.74. The predicted octanol–water partition coefficient (Wildman–Crippen LogP) is 4.82. The van der Waals surface area contributed by atoms with Crippen molar-refractivity contribution < 1.29 is 13.6 Å². The summed E-state index contributed by atoms with van der Waals surface area (Å²) >= 11 is 0. The first kappa shape index (κ1) is 19.4. The minimum Gasteiger partial charge on any atom is -0.368 e. The number of amides is 1. The van der Waals surface area contributed by atoms with Crippen LogP contribution in [0.5, 0.6) is 0 Å². The van der Waals surface area contributed by atoms with Crippen LogP contribution in [0.1, 0.15) is 54.6 Å². The van der Waals surface area contributed by atoms with Gasteiger partial charge in [0.2, 0.25) is 0 Å². The Labute approximate surface area is 168 Å².